The predicted molar refractivity (Wildman–Crippen MR) is 84.5 cm³/mol. The van der Waals surface area contributed by atoms with Crippen molar-refractivity contribution in [2.45, 2.75) is 39.3 Å². The van der Waals surface area contributed by atoms with Gasteiger partial charge >= 0.3 is 0 Å². The number of rotatable bonds is 9. The molecule has 1 aromatic rings. The van der Waals surface area contributed by atoms with Crippen LogP contribution in [0.2, 0.25) is 0 Å². The van der Waals surface area contributed by atoms with E-state index < -0.39 is 0 Å². The van der Waals surface area contributed by atoms with Gasteiger partial charge in [0.15, 0.2) is 11.5 Å². The molecule has 0 unspecified atom stereocenters. The Morgan fingerprint density at radius 1 is 1.30 bits per heavy atom. The zero-order valence-electron chi connectivity index (χ0n) is 12.4. The highest BCUT2D eigenvalue weighted by Gasteiger charge is 2.15. The molecule has 0 saturated carbocycles. The van der Waals surface area contributed by atoms with Crippen LogP contribution in [0.1, 0.15) is 32.3 Å². The van der Waals surface area contributed by atoms with Crippen LogP contribution in [0.3, 0.4) is 0 Å². The van der Waals surface area contributed by atoms with Gasteiger partial charge in [0.1, 0.15) is 0 Å². The Labute approximate surface area is 129 Å². The first-order valence-corrected chi connectivity index (χ1v) is 7.73. The lowest BCUT2D eigenvalue weighted by atomic mass is 10.1. The number of ether oxygens (including phenoxy) is 2. The third kappa shape index (κ3) is 5.31. The zero-order valence-corrected chi connectivity index (χ0v) is 14.0. The summed E-state index contributed by atoms with van der Waals surface area (Å²) in [7, 11) is 1.65. The van der Waals surface area contributed by atoms with Gasteiger partial charge in [0, 0.05) is 23.2 Å². The van der Waals surface area contributed by atoms with Gasteiger partial charge in [-0.15, -0.1) is 0 Å². The molecule has 114 valence electrons. The molecule has 0 heterocycles. The molecule has 0 radical (unpaired) electrons. The maximum atomic E-state index is 8.77. The van der Waals surface area contributed by atoms with E-state index in [1.807, 2.05) is 26.0 Å². The molecule has 0 aliphatic carbocycles. The first-order valence-electron chi connectivity index (χ1n) is 6.93. The quantitative estimate of drug-likeness (QED) is 0.675. The van der Waals surface area contributed by atoms with Crippen molar-refractivity contribution in [1.82, 2.24) is 5.32 Å². The number of aliphatic hydroxyl groups is 1. The van der Waals surface area contributed by atoms with Crippen molar-refractivity contribution in [3.63, 3.8) is 0 Å². The fourth-order valence-corrected chi connectivity index (χ4v) is 2.30. The zero-order chi connectivity index (χ0) is 15.0. The smallest absolute Gasteiger partial charge is 0.167 e. The Bertz CT molecular complexity index is 410. The predicted octanol–water partition coefficient (Wildman–Crippen LogP) is 3.11. The van der Waals surface area contributed by atoms with E-state index in [-0.39, 0.29) is 12.7 Å². The van der Waals surface area contributed by atoms with E-state index in [9.17, 15) is 0 Å². The van der Waals surface area contributed by atoms with Crippen LogP contribution >= 0.6 is 15.9 Å². The summed E-state index contributed by atoms with van der Waals surface area (Å²) < 4.78 is 12.3. The molecular formula is C15H24BrNO3. The summed E-state index contributed by atoms with van der Waals surface area (Å²) in [4.78, 5) is 0. The van der Waals surface area contributed by atoms with E-state index in [1.54, 1.807) is 7.11 Å². The monoisotopic (exact) mass is 345 g/mol. The van der Waals surface area contributed by atoms with Crippen LogP contribution in [-0.2, 0) is 6.54 Å². The van der Waals surface area contributed by atoms with E-state index in [4.69, 9.17) is 14.6 Å². The van der Waals surface area contributed by atoms with Crippen LogP contribution in [0, 0.1) is 0 Å². The molecule has 0 aliphatic heterocycles. The van der Waals surface area contributed by atoms with Crippen molar-refractivity contribution in [1.29, 1.82) is 0 Å². The van der Waals surface area contributed by atoms with E-state index in [2.05, 4.69) is 21.2 Å². The highest BCUT2D eigenvalue weighted by atomic mass is 79.9. The molecule has 0 aromatic heterocycles. The molecule has 0 bridgehead atoms. The lowest BCUT2D eigenvalue weighted by molar-refractivity contribution is 0.227. The fraction of sp³-hybridized carbons (Fsp3) is 0.600. The Morgan fingerprint density at radius 3 is 2.65 bits per heavy atom. The van der Waals surface area contributed by atoms with Crippen LogP contribution in [0.5, 0.6) is 11.5 Å². The Hall–Kier alpha value is -0.780. The normalized spacial score (nSPS) is 10.9. The molecule has 5 heteroatoms. The molecule has 2 N–H and O–H groups in total. The minimum absolute atomic E-state index is 0.0892. The molecule has 0 amide bonds. The molecule has 1 aromatic carbocycles. The average molecular weight is 346 g/mol. The Kier molecular flexibility index (Phi) is 7.95. The van der Waals surface area contributed by atoms with Gasteiger partial charge in [0.05, 0.1) is 13.2 Å². The Balaban J connectivity index is 2.80. The van der Waals surface area contributed by atoms with Crippen molar-refractivity contribution in [3.8, 4) is 11.5 Å². The van der Waals surface area contributed by atoms with Crippen molar-refractivity contribution in [2.24, 2.45) is 0 Å². The number of unbranched alkanes of at least 4 members (excludes halogenated alkanes) is 1. The minimum atomic E-state index is 0.0892. The van der Waals surface area contributed by atoms with Gasteiger partial charge in [0.25, 0.3) is 0 Å². The summed E-state index contributed by atoms with van der Waals surface area (Å²) in [6, 6.07) is 3.87. The van der Waals surface area contributed by atoms with Gasteiger partial charge in [-0.05, 0) is 45.4 Å². The average Bonchev–Trinajstić information content (AvgIpc) is 2.41. The number of hydrogen-bond acceptors (Lipinski definition) is 4. The second-order valence-electron chi connectivity index (χ2n) is 4.83. The highest BCUT2D eigenvalue weighted by molar-refractivity contribution is 9.10. The number of nitrogens with one attached hydrogen (secondary N) is 1. The molecule has 0 saturated heterocycles. The summed E-state index contributed by atoms with van der Waals surface area (Å²) in [5.74, 6) is 1.53. The van der Waals surface area contributed by atoms with Gasteiger partial charge in [-0.25, -0.2) is 0 Å². The third-order valence-corrected chi connectivity index (χ3v) is 3.55. The van der Waals surface area contributed by atoms with E-state index in [0.717, 1.165) is 40.9 Å². The molecular weight excluding hydrogens is 322 g/mol. The van der Waals surface area contributed by atoms with E-state index in [0.29, 0.717) is 6.54 Å². The fourth-order valence-electron chi connectivity index (χ4n) is 1.85. The van der Waals surface area contributed by atoms with Crippen molar-refractivity contribution >= 4 is 15.9 Å². The van der Waals surface area contributed by atoms with Gasteiger partial charge in [-0.2, -0.15) is 0 Å². The van der Waals surface area contributed by atoms with Crippen LogP contribution in [-0.4, -0.2) is 31.5 Å². The SMILES string of the molecule is COc1ccc(Br)c(CNCCCCO)c1OC(C)C. The van der Waals surface area contributed by atoms with Gasteiger partial charge < -0.3 is 19.9 Å². The van der Waals surface area contributed by atoms with Gasteiger partial charge in [0.2, 0.25) is 0 Å². The molecule has 4 nitrogen and oxygen atoms in total. The highest BCUT2D eigenvalue weighted by Crippen LogP contribution is 2.36. The van der Waals surface area contributed by atoms with Gasteiger partial charge in [-0.3, -0.25) is 0 Å². The van der Waals surface area contributed by atoms with Gasteiger partial charge in [-0.1, -0.05) is 15.9 Å². The first kappa shape index (κ1) is 17.3. The second kappa shape index (κ2) is 9.21. The number of methoxy groups -OCH3 is 1. The molecule has 1 rings (SSSR count). The van der Waals surface area contributed by atoms with Crippen molar-refractivity contribution in [2.75, 3.05) is 20.3 Å². The van der Waals surface area contributed by atoms with Crippen molar-refractivity contribution in [3.05, 3.63) is 22.2 Å². The number of hydrogen-bond donors (Lipinski definition) is 2. The maximum Gasteiger partial charge on any atom is 0.167 e. The molecule has 0 atom stereocenters. The molecule has 20 heavy (non-hydrogen) atoms. The molecule has 0 aliphatic rings. The number of aliphatic hydroxyl groups excluding tert-OH is 1. The number of halogens is 1. The lowest BCUT2D eigenvalue weighted by Gasteiger charge is -2.19. The lowest BCUT2D eigenvalue weighted by Crippen LogP contribution is -2.17. The summed E-state index contributed by atoms with van der Waals surface area (Å²) in [6.07, 6.45) is 1.87. The van der Waals surface area contributed by atoms with Crippen LogP contribution in [0.15, 0.2) is 16.6 Å². The second-order valence-corrected chi connectivity index (χ2v) is 5.69. The van der Waals surface area contributed by atoms with Crippen LogP contribution in [0.25, 0.3) is 0 Å². The summed E-state index contributed by atoms with van der Waals surface area (Å²) in [5.41, 5.74) is 1.06. The molecule has 0 spiro atoms. The van der Waals surface area contributed by atoms with Crippen LogP contribution < -0.4 is 14.8 Å². The van der Waals surface area contributed by atoms with E-state index in [1.165, 1.54) is 0 Å². The standard InChI is InChI=1S/C15H24BrNO3/c1-11(2)20-15-12(10-17-8-4-5-9-18)13(16)6-7-14(15)19-3/h6-7,11,17-18H,4-5,8-10H2,1-3H3. The summed E-state index contributed by atoms with van der Waals surface area (Å²) in [6.45, 7) is 5.81. The first-order chi connectivity index (χ1) is 9.60. The Morgan fingerprint density at radius 2 is 2.05 bits per heavy atom. The summed E-state index contributed by atoms with van der Waals surface area (Å²) >= 11 is 3.57. The van der Waals surface area contributed by atoms with E-state index >= 15 is 0 Å². The largest absolute Gasteiger partial charge is 0.493 e. The topological polar surface area (TPSA) is 50.7 Å². The van der Waals surface area contributed by atoms with Crippen molar-refractivity contribution < 1.29 is 14.6 Å². The number of benzene rings is 1. The van der Waals surface area contributed by atoms with Crippen LogP contribution in [0.4, 0.5) is 0 Å². The third-order valence-electron chi connectivity index (χ3n) is 2.80. The maximum absolute atomic E-state index is 8.77. The summed E-state index contributed by atoms with van der Waals surface area (Å²) in [5, 5.41) is 12.1. The minimum Gasteiger partial charge on any atom is -0.493 e. The molecule has 0 fully saturated rings.